The number of aromatic nitrogens is 4. The summed E-state index contributed by atoms with van der Waals surface area (Å²) in [6.07, 6.45) is 3.11. The Bertz CT molecular complexity index is 760. The molecule has 0 amide bonds. The Balaban J connectivity index is 1.91. The molecule has 0 aliphatic heterocycles. The van der Waals surface area contributed by atoms with Crippen molar-refractivity contribution in [3.05, 3.63) is 54.0 Å². The predicted octanol–water partition coefficient (Wildman–Crippen LogP) is 0.878. The average Bonchev–Trinajstić information content (AvgIpc) is 2.82. The van der Waals surface area contributed by atoms with Gasteiger partial charge in [0, 0.05) is 7.05 Å². The Morgan fingerprint density at radius 1 is 1.16 bits per heavy atom. The Kier molecular flexibility index (Phi) is 2.75. The molecule has 1 N–H and O–H groups in total. The van der Waals surface area contributed by atoms with Gasteiger partial charge in [0.15, 0.2) is 11.1 Å². The van der Waals surface area contributed by atoms with Gasteiger partial charge in [0.2, 0.25) is 0 Å². The summed E-state index contributed by atoms with van der Waals surface area (Å²) >= 11 is 0. The normalized spacial score (nSPS) is 10.8. The zero-order valence-corrected chi connectivity index (χ0v) is 10.4. The Morgan fingerprint density at radius 2 is 1.89 bits per heavy atom. The zero-order valence-electron chi connectivity index (χ0n) is 10.4. The predicted molar refractivity (Wildman–Crippen MR) is 69.1 cm³/mol. The lowest BCUT2D eigenvalue weighted by Gasteiger charge is -2.09. The molecular formula is C13H13N5O. The van der Waals surface area contributed by atoms with Gasteiger partial charge in [-0.15, -0.1) is 0 Å². The summed E-state index contributed by atoms with van der Waals surface area (Å²) in [7, 11) is 1.83. The molecule has 0 radical (unpaired) electrons. The number of imidazole rings is 1. The molecule has 1 aromatic carbocycles. The van der Waals surface area contributed by atoms with Crippen molar-refractivity contribution in [1.82, 2.24) is 19.3 Å². The molecule has 0 unspecified atom stereocenters. The fourth-order valence-corrected chi connectivity index (χ4v) is 1.87. The quantitative estimate of drug-likeness (QED) is 0.755. The van der Waals surface area contributed by atoms with Crippen LogP contribution in [0, 0.1) is 5.41 Å². The second-order valence-electron chi connectivity index (χ2n) is 4.21. The number of nitrogens with one attached hydrogen (secondary N) is 1. The van der Waals surface area contributed by atoms with E-state index in [1.54, 1.807) is 10.9 Å². The fourth-order valence-electron chi connectivity index (χ4n) is 1.87. The molecule has 3 aromatic rings. The van der Waals surface area contributed by atoms with Crippen molar-refractivity contribution >= 4 is 11.2 Å². The SMILES string of the molecule is Cn1cnc2ncn(OCc3ccccc3)c(=N)c21. The number of nitrogens with zero attached hydrogens (tertiary/aromatic N) is 4. The van der Waals surface area contributed by atoms with E-state index in [1.165, 1.54) is 11.1 Å². The second kappa shape index (κ2) is 4.56. The molecule has 0 saturated carbocycles. The Hall–Kier alpha value is -2.63. The maximum atomic E-state index is 8.10. The third kappa shape index (κ3) is 2.08. The van der Waals surface area contributed by atoms with Gasteiger partial charge in [-0.1, -0.05) is 30.3 Å². The third-order valence-corrected chi connectivity index (χ3v) is 2.86. The first-order valence-electron chi connectivity index (χ1n) is 5.86. The minimum Gasteiger partial charge on any atom is -0.406 e. The first-order chi connectivity index (χ1) is 9.25. The number of rotatable bonds is 3. The third-order valence-electron chi connectivity index (χ3n) is 2.86. The smallest absolute Gasteiger partial charge is 0.190 e. The van der Waals surface area contributed by atoms with Crippen LogP contribution in [0.1, 0.15) is 5.56 Å². The molecule has 96 valence electrons. The van der Waals surface area contributed by atoms with Gasteiger partial charge in [0.05, 0.1) is 6.33 Å². The van der Waals surface area contributed by atoms with Gasteiger partial charge in [0.1, 0.15) is 18.5 Å². The van der Waals surface area contributed by atoms with Crippen LogP contribution in [0.15, 0.2) is 43.0 Å². The molecule has 0 spiro atoms. The molecule has 6 nitrogen and oxygen atoms in total. The summed E-state index contributed by atoms with van der Waals surface area (Å²) in [4.78, 5) is 13.8. The van der Waals surface area contributed by atoms with Crippen molar-refractivity contribution in [2.24, 2.45) is 7.05 Å². The molecule has 2 heterocycles. The topological polar surface area (TPSA) is 68.7 Å². The van der Waals surface area contributed by atoms with Crippen LogP contribution in [-0.4, -0.2) is 19.3 Å². The second-order valence-corrected chi connectivity index (χ2v) is 4.21. The first kappa shape index (κ1) is 11.5. The van der Waals surface area contributed by atoms with Crippen molar-refractivity contribution in [3.8, 4) is 0 Å². The van der Waals surface area contributed by atoms with E-state index in [2.05, 4.69) is 9.97 Å². The van der Waals surface area contributed by atoms with Crippen LogP contribution in [-0.2, 0) is 13.7 Å². The van der Waals surface area contributed by atoms with Gasteiger partial charge in [-0.05, 0) is 5.56 Å². The number of hydrogen-bond donors (Lipinski definition) is 1. The lowest BCUT2D eigenvalue weighted by atomic mass is 10.2. The Labute approximate surface area is 109 Å². The molecule has 6 heteroatoms. The summed E-state index contributed by atoms with van der Waals surface area (Å²) in [5.74, 6) is 0. The van der Waals surface area contributed by atoms with Crippen molar-refractivity contribution in [2.75, 3.05) is 0 Å². The molecule has 0 bridgehead atoms. The van der Waals surface area contributed by atoms with E-state index in [-0.39, 0.29) is 5.49 Å². The largest absolute Gasteiger partial charge is 0.406 e. The summed E-state index contributed by atoms with van der Waals surface area (Å²) in [5, 5.41) is 8.10. The van der Waals surface area contributed by atoms with Crippen LogP contribution < -0.4 is 10.3 Å². The number of benzene rings is 1. The van der Waals surface area contributed by atoms with Crippen LogP contribution in [0.25, 0.3) is 11.2 Å². The van der Waals surface area contributed by atoms with Gasteiger partial charge in [-0.25, -0.2) is 9.97 Å². The Morgan fingerprint density at radius 3 is 2.68 bits per heavy atom. The van der Waals surface area contributed by atoms with Gasteiger partial charge in [-0.2, -0.15) is 4.73 Å². The van der Waals surface area contributed by atoms with E-state index >= 15 is 0 Å². The van der Waals surface area contributed by atoms with E-state index in [1.807, 2.05) is 37.4 Å². The molecule has 0 aliphatic rings. The van der Waals surface area contributed by atoms with Crippen LogP contribution in [0.4, 0.5) is 0 Å². The number of aryl methyl sites for hydroxylation is 1. The first-order valence-corrected chi connectivity index (χ1v) is 5.86. The zero-order chi connectivity index (χ0) is 13.2. The monoisotopic (exact) mass is 255 g/mol. The van der Waals surface area contributed by atoms with Crippen LogP contribution in [0.3, 0.4) is 0 Å². The van der Waals surface area contributed by atoms with Crippen molar-refractivity contribution < 1.29 is 4.84 Å². The summed E-state index contributed by atoms with van der Waals surface area (Å²) < 4.78 is 3.12. The van der Waals surface area contributed by atoms with Gasteiger partial charge in [0.25, 0.3) is 0 Å². The summed E-state index contributed by atoms with van der Waals surface area (Å²) in [6, 6.07) is 9.80. The van der Waals surface area contributed by atoms with Crippen LogP contribution in [0.5, 0.6) is 0 Å². The minimum absolute atomic E-state index is 0.237. The highest BCUT2D eigenvalue weighted by atomic mass is 16.7. The van der Waals surface area contributed by atoms with Crippen molar-refractivity contribution in [2.45, 2.75) is 6.61 Å². The van der Waals surface area contributed by atoms with E-state index in [0.29, 0.717) is 17.8 Å². The van der Waals surface area contributed by atoms with E-state index in [0.717, 1.165) is 5.56 Å². The van der Waals surface area contributed by atoms with E-state index < -0.39 is 0 Å². The van der Waals surface area contributed by atoms with Crippen LogP contribution in [0.2, 0.25) is 0 Å². The molecule has 2 aromatic heterocycles. The molecular weight excluding hydrogens is 242 g/mol. The maximum absolute atomic E-state index is 8.10. The molecule has 0 atom stereocenters. The molecule has 0 saturated heterocycles. The van der Waals surface area contributed by atoms with Crippen molar-refractivity contribution in [1.29, 1.82) is 5.41 Å². The van der Waals surface area contributed by atoms with Gasteiger partial charge >= 0.3 is 0 Å². The number of hydrogen-bond acceptors (Lipinski definition) is 4. The minimum atomic E-state index is 0.237. The standard InChI is InChI=1S/C13H13N5O/c1-17-8-15-13-11(17)12(14)18(9-16-13)19-7-10-5-3-2-4-6-10/h2-6,8-9,14H,7H2,1H3. The highest BCUT2D eigenvalue weighted by molar-refractivity contribution is 5.68. The highest BCUT2D eigenvalue weighted by Gasteiger charge is 2.06. The molecule has 3 rings (SSSR count). The molecule has 19 heavy (non-hydrogen) atoms. The van der Waals surface area contributed by atoms with Crippen LogP contribution >= 0.6 is 0 Å². The number of fused-ring (bicyclic) bond motifs is 1. The molecule has 0 aliphatic carbocycles. The average molecular weight is 255 g/mol. The van der Waals surface area contributed by atoms with Gasteiger partial charge in [-0.3, -0.25) is 5.41 Å². The summed E-state index contributed by atoms with van der Waals surface area (Å²) in [5.41, 5.74) is 2.48. The van der Waals surface area contributed by atoms with Crippen molar-refractivity contribution in [3.63, 3.8) is 0 Å². The molecule has 0 fully saturated rings. The van der Waals surface area contributed by atoms with E-state index in [4.69, 9.17) is 10.2 Å². The fraction of sp³-hybridized carbons (Fsp3) is 0.154. The van der Waals surface area contributed by atoms with Gasteiger partial charge < -0.3 is 9.40 Å². The lowest BCUT2D eigenvalue weighted by molar-refractivity contribution is 0.0849. The highest BCUT2D eigenvalue weighted by Crippen LogP contribution is 2.02. The maximum Gasteiger partial charge on any atom is 0.190 e. The lowest BCUT2D eigenvalue weighted by Crippen LogP contribution is -2.28. The summed E-state index contributed by atoms with van der Waals surface area (Å²) in [6.45, 7) is 0.391. The van der Waals surface area contributed by atoms with E-state index in [9.17, 15) is 0 Å².